The Balaban J connectivity index is 1.35. The van der Waals surface area contributed by atoms with Crippen molar-refractivity contribution in [3.63, 3.8) is 0 Å². The second kappa shape index (κ2) is 10.9. The molecule has 1 N–H and O–H groups in total. The molecule has 4 rings (SSSR count). The van der Waals surface area contributed by atoms with E-state index in [1.165, 1.54) is 43.5 Å². The third kappa shape index (κ3) is 6.28. The van der Waals surface area contributed by atoms with Crippen molar-refractivity contribution in [2.24, 2.45) is 0 Å². The third-order valence-corrected chi connectivity index (χ3v) is 6.09. The molecule has 0 aromatic heterocycles. The molecule has 0 aliphatic carbocycles. The van der Waals surface area contributed by atoms with Crippen molar-refractivity contribution in [3.05, 3.63) is 107 Å². The largest absolute Gasteiger partial charge is 0.348 e. The average Bonchev–Trinajstić information content (AvgIpc) is 2.83. The van der Waals surface area contributed by atoms with Crippen molar-refractivity contribution in [2.45, 2.75) is 45.2 Å². The molecule has 1 fully saturated rings. The number of rotatable bonds is 8. The molecule has 0 saturated carbocycles. The maximum absolute atomic E-state index is 12.9. The summed E-state index contributed by atoms with van der Waals surface area (Å²) in [7, 11) is 0. The van der Waals surface area contributed by atoms with Gasteiger partial charge in [0, 0.05) is 18.7 Å². The molecule has 0 bridgehead atoms. The SMILES string of the molecule is O=C(NCc1cccc(CN2CCCCC2)c1)c1ccccc1CCc1ccccc1. The summed E-state index contributed by atoms with van der Waals surface area (Å²) in [5.41, 5.74) is 5.66. The van der Waals surface area contributed by atoms with Crippen LogP contribution in [0.4, 0.5) is 0 Å². The lowest BCUT2D eigenvalue weighted by atomic mass is 9.99. The molecule has 0 atom stereocenters. The quantitative estimate of drug-likeness (QED) is 0.538. The standard InChI is InChI=1S/C28H32N2O/c31-28(27-15-6-5-14-26(27)17-16-23-10-3-1-4-11-23)29-21-24-12-9-13-25(20-24)22-30-18-7-2-8-19-30/h1,3-6,9-15,20H,2,7-8,16-19,21-22H2,(H,29,31). The number of piperidine rings is 1. The molecule has 0 unspecified atom stereocenters. The lowest BCUT2D eigenvalue weighted by molar-refractivity contribution is 0.0950. The number of likely N-dealkylation sites (tertiary alicyclic amines) is 1. The Morgan fingerprint density at radius 3 is 2.29 bits per heavy atom. The highest BCUT2D eigenvalue weighted by molar-refractivity contribution is 5.95. The molecule has 1 saturated heterocycles. The predicted octanol–water partition coefficient (Wildman–Crippen LogP) is 5.39. The number of nitrogens with zero attached hydrogens (tertiary/aromatic N) is 1. The molecule has 3 aromatic carbocycles. The molecule has 1 aliphatic heterocycles. The van der Waals surface area contributed by atoms with E-state index in [2.05, 4.69) is 64.8 Å². The van der Waals surface area contributed by atoms with Gasteiger partial charge >= 0.3 is 0 Å². The van der Waals surface area contributed by atoms with Crippen LogP contribution in [0.5, 0.6) is 0 Å². The summed E-state index contributed by atoms with van der Waals surface area (Å²) in [4.78, 5) is 15.5. The number of amides is 1. The first kappa shape index (κ1) is 21.3. The summed E-state index contributed by atoms with van der Waals surface area (Å²) >= 11 is 0. The normalized spacial score (nSPS) is 14.3. The van der Waals surface area contributed by atoms with Crippen molar-refractivity contribution in [1.82, 2.24) is 10.2 Å². The second-order valence-corrected chi connectivity index (χ2v) is 8.48. The van der Waals surface area contributed by atoms with E-state index < -0.39 is 0 Å². The fourth-order valence-corrected chi connectivity index (χ4v) is 4.37. The van der Waals surface area contributed by atoms with Crippen molar-refractivity contribution >= 4 is 5.91 Å². The Bertz CT molecular complexity index is 977. The van der Waals surface area contributed by atoms with E-state index in [-0.39, 0.29) is 5.91 Å². The van der Waals surface area contributed by atoms with Gasteiger partial charge in [-0.15, -0.1) is 0 Å². The molecular formula is C28H32N2O. The van der Waals surface area contributed by atoms with Crippen LogP contribution in [0.2, 0.25) is 0 Å². The van der Waals surface area contributed by atoms with Crippen LogP contribution in [0.1, 0.15) is 51.9 Å². The van der Waals surface area contributed by atoms with Gasteiger partial charge in [0.25, 0.3) is 5.91 Å². The van der Waals surface area contributed by atoms with E-state index in [9.17, 15) is 4.79 Å². The molecule has 0 spiro atoms. The molecule has 1 amide bonds. The van der Waals surface area contributed by atoms with Gasteiger partial charge in [-0.1, -0.05) is 79.2 Å². The van der Waals surface area contributed by atoms with E-state index in [1.807, 2.05) is 24.3 Å². The smallest absolute Gasteiger partial charge is 0.251 e. The first-order valence-electron chi connectivity index (χ1n) is 11.5. The average molecular weight is 413 g/mol. The zero-order valence-corrected chi connectivity index (χ0v) is 18.2. The fourth-order valence-electron chi connectivity index (χ4n) is 4.37. The first-order valence-corrected chi connectivity index (χ1v) is 11.5. The van der Waals surface area contributed by atoms with E-state index in [0.717, 1.165) is 36.1 Å². The van der Waals surface area contributed by atoms with Gasteiger partial charge in [0.15, 0.2) is 0 Å². The number of nitrogens with one attached hydrogen (secondary N) is 1. The van der Waals surface area contributed by atoms with Crippen LogP contribution in [0.25, 0.3) is 0 Å². The van der Waals surface area contributed by atoms with Crippen LogP contribution in [0, 0.1) is 0 Å². The van der Waals surface area contributed by atoms with Crippen LogP contribution in [-0.2, 0) is 25.9 Å². The van der Waals surface area contributed by atoms with Crippen molar-refractivity contribution in [3.8, 4) is 0 Å². The number of hydrogen-bond donors (Lipinski definition) is 1. The highest BCUT2D eigenvalue weighted by Crippen LogP contribution is 2.15. The Kier molecular flexibility index (Phi) is 7.51. The molecule has 160 valence electrons. The van der Waals surface area contributed by atoms with Crippen LogP contribution in [-0.4, -0.2) is 23.9 Å². The number of benzene rings is 3. The third-order valence-electron chi connectivity index (χ3n) is 6.09. The van der Waals surface area contributed by atoms with Gasteiger partial charge in [-0.2, -0.15) is 0 Å². The van der Waals surface area contributed by atoms with E-state index in [0.29, 0.717) is 6.54 Å². The maximum Gasteiger partial charge on any atom is 0.251 e. The minimum atomic E-state index is 0.00472. The Morgan fingerprint density at radius 1 is 0.742 bits per heavy atom. The van der Waals surface area contributed by atoms with Crippen LogP contribution < -0.4 is 5.32 Å². The highest BCUT2D eigenvalue weighted by Gasteiger charge is 2.12. The predicted molar refractivity (Wildman–Crippen MR) is 127 cm³/mol. The van der Waals surface area contributed by atoms with Gasteiger partial charge in [0.1, 0.15) is 0 Å². The van der Waals surface area contributed by atoms with Crippen LogP contribution in [0.3, 0.4) is 0 Å². The van der Waals surface area contributed by atoms with Gasteiger partial charge in [0.2, 0.25) is 0 Å². The lowest BCUT2D eigenvalue weighted by Crippen LogP contribution is -2.29. The molecule has 3 aromatic rings. The summed E-state index contributed by atoms with van der Waals surface area (Å²) < 4.78 is 0. The fraction of sp³-hybridized carbons (Fsp3) is 0.321. The number of carbonyl (C=O) groups excluding carboxylic acids is 1. The van der Waals surface area contributed by atoms with Crippen LogP contribution in [0.15, 0.2) is 78.9 Å². The monoisotopic (exact) mass is 412 g/mol. The summed E-state index contributed by atoms with van der Waals surface area (Å²) in [5.74, 6) is 0.00472. The minimum Gasteiger partial charge on any atom is -0.348 e. The van der Waals surface area contributed by atoms with Gasteiger partial charge in [-0.25, -0.2) is 0 Å². The summed E-state index contributed by atoms with van der Waals surface area (Å²) in [6.07, 6.45) is 5.76. The van der Waals surface area contributed by atoms with Gasteiger partial charge in [0.05, 0.1) is 0 Å². The van der Waals surface area contributed by atoms with E-state index in [4.69, 9.17) is 0 Å². The van der Waals surface area contributed by atoms with Crippen molar-refractivity contribution in [1.29, 1.82) is 0 Å². The second-order valence-electron chi connectivity index (χ2n) is 8.48. The molecule has 0 radical (unpaired) electrons. The minimum absolute atomic E-state index is 0.00472. The Hall–Kier alpha value is -2.91. The topological polar surface area (TPSA) is 32.3 Å². The van der Waals surface area contributed by atoms with E-state index >= 15 is 0 Å². The van der Waals surface area contributed by atoms with E-state index in [1.54, 1.807) is 0 Å². The van der Waals surface area contributed by atoms with Crippen molar-refractivity contribution < 1.29 is 4.79 Å². The number of aryl methyl sites for hydroxylation is 2. The zero-order chi connectivity index (χ0) is 21.3. The van der Waals surface area contributed by atoms with Gasteiger partial charge in [-0.3, -0.25) is 9.69 Å². The summed E-state index contributed by atoms with van der Waals surface area (Å²) in [6, 6.07) is 27.0. The number of hydrogen-bond acceptors (Lipinski definition) is 2. The molecular weight excluding hydrogens is 380 g/mol. The Morgan fingerprint density at radius 2 is 1.45 bits per heavy atom. The summed E-state index contributed by atoms with van der Waals surface area (Å²) in [5, 5.41) is 3.13. The highest BCUT2D eigenvalue weighted by atomic mass is 16.1. The zero-order valence-electron chi connectivity index (χ0n) is 18.2. The molecule has 3 nitrogen and oxygen atoms in total. The lowest BCUT2D eigenvalue weighted by Gasteiger charge is -2.26. The van der Waals surface area contributed by atoms with Gasteiger partial charge in [-0.05, 0) is 67.1 Å². The Labute approximate surface area is 186 Å². The van der Waals surface area contributed by atoms with Crippen molar-refractivity contribution in [2.75, 3.05) is 13.1 Å². The maximum atomic E-state index is 12.9. The first-order chi connectivity index (χ1) is 15.3. The molecule has 1 aliphatic rings. The molecule has 3 heteroatoms. The molecule has 31 heavy (non-hydrogen) atoms. The van der Waals surface area contributed by atoms with Gasteiger partial charge < -0.3 is 5.32 Å². The molecule has 1 heterocycles. The summed E-state index contributed by atoms with van der Waals surface area (Å²) in [6.45, 7) is 3.95. The van der Waals surface area contributed by atoms with Crippen LogP contribution >= 0.6 is 0 Å². The number of carbonyl (C=O) groups is 1.